The van der Waals surface area contributed by atoms with Crippen molar-refractivity contribution in [3.05, 3.63) is 0 Å². The van der Waals surface area contributed by atoms with Crippen LogP contribution in [-0.2, 0) is 18.6 Å². The zero-order valence-electron chi connectivity index (χ0n) is 14.1. The van der Waals surface area contributed by atoms with Gasteiger partial charge >= 0.3 is 0 Å². The Morgan fingerprint density at radius 1 is 1.30 bits per heavy atom. The van der Waals surface area contributed by atoms with Crippen LogP contribution in [0.5, 0.6) is 0 Å². The zero-order chi connectivity index (χ0) is 15.3. The Bertz CT molecular complexity index is 365. The molecule has 20 heavy (non-hydrogen) atoms. The van der Waals surface area contributed by atoms with Gasteiger partial charge in [-0.25, -0.2) is 0 Å². The second-order valence-corrected chi connectivity index (χ2v) is 12.5. The largest absolute Gasteiger partial charge is 0.408 e. The molecule has 5 atom stereocenters. The molecule has 0 spiro atoms. The maximum Gasteiger partial charge on any atom is 0.192 e. The Labute approximate surface area is 124 Å². The van der Waals surface area contributed by atoms with Crippen LogP contribution in [0.4, 0.5) is 0 Å². The fourth-order valence-electron chi connectivity index (χ4n) is 2.87. The van der Waals surface area contributed by atoms with Crippen molar-refractivity contribution in [1.29, 1.82) is 0 Å². The molecule has 0 amide bonds. The maximum absolute atomic E-state index is 6.66. The summed E-state index contributed by atoms with van der Waals surface area (Å²) in [6.07, 6.45) is 0.0402. The van der Waals surface area contributed by atoms with Gasteiger partial charge in [0.15, 0.2) is 8.32 Å². The van der Waals surface area contributed by atoms with Gasteiger partial charge in [-0.15, -0.1) is 0 Å². The van der Waals surface area contributed by atoms with Crippen LogP contribution in [0.2, 0.25) is 18.1 Å². The molecule has 2 bridgehead atoms. The van der Waals surface area contributed by atoms with Crippen molar-refractivity contribution in [3.63, 3.8) is 0 Å². The van der Waals surface area contributed by atoms with Crippen LogP contribution in [0.1, 0.15) is 34.6 Å². The lowest BCUT2D eigenvalue weighted by molar-refractivity contribution is -0.184. The topological polar surface area (TPSA) is 36.9 Å². The summed E-state index contributed by atoms with van der Waals surface area (Å²) in [6.45, 7) is 16.0. The fraction of sp³-hybridized carbons (Fsp3) is 1.00. The predicted molar refractivity (Wildman–Crippen MR) is 81.6 cm³/mol. The van der Waals surface area contributed by atoms with Crippen LogP contribution in [0, 0.1) is 0 Å². The van der Waals surface area contributed by atoms with Gasteiger partial charge in [0.05, 0.1) is 18.8 Å². The lowest BCUT2D eigenvalue weighted by Gasteiger charge is -2.42. The number of fused-ring (bicyclic) bond motifs is 2. The second-order valence-electron chi connectivity index (χ2n) is 7.73. The highest BCUT2D eigenvalue weighted by Crippen LogP contribution is 2.48. The summed E-state index contributed by atoms with van der Waals surface area (Å²) in [4.78, 5) is 0. The van der Waals surface area contributed by atoms with Gasteiger partial charge in [0, 0.05) is 7.11 Å². The van der Waals surface area contributed by atoms with E-state index in [0.29, 0.717) is 6.61 Å². The minimum atomic E-state index is -1.86. The standard InChI is InChI=1S/C15H30O4Si/c1-10-12-13(19-20(7,8)14(3,4)5)15(18-10,9-17-12)11(2)16-6/h10-13H,9H2,1-8H3/t10-,11-,12?,13-,15?/m0/s1. The number of hydrogen-bond donors (Lipinski definition) is 0. The third-order valence-corrected chi connectivity index (χ3v) is 9.87. The molecule has 4 nitrogen and oxygen atoms in total. The molecule has 5 heteroatoms. The lowest BCUT2D eigenvalue weighted by atomic mass is 9.93. The molecule has 2 saturated heterocycles. The highest BCUT2D eigenvalue weighted by molar-refractivity contribution is 6.74. The molecule has 2 unspecified atom stereocenters. The summed E-state index contributed by atoms with van der Waals surface area (Å²) in [6, 6.07) is 0. The predicted octanol–water partition coefficient (Wildman–Crippen LogP) is 2.97. The zero-order valence-corrected chi connectivity index (χ0v) is 15.1. The van der Waals surface area contributed by atoms with Crippen LogP contribution < -0.4 is 0 Å². The van der Waals surface area contributed by atoms with Gasteiger partial charge in [-0.1, -0.05) is 20.8 Å². The Morgan fingerprint density at radius 3 is 2.35 bits per heavy atom. The van der Waals surface area contributed by atoms with Crippen molar-refractivity contribution < 1.29 is 18.6 Å². The van der Waals surface area contributed by atoms with Crippen molar-refractivity contribution in [2.75, 3.05) is 13.7 Å². The molecule has 0 radical (unpaired) electrons. The summed E-state index contributed by atoms with van der Waals surface area (Å²) in [7, 11) is -0.140. The third-order valence-electron chi connectivity index (χ3n) is 5.42. The van der Waals surface area contributed by atoms with Gasteiger partial charge in [0.25, 0.3) is 0 Å². The smallest absolute Gasteiger partial charge is 0.192 e. The summed E-state index contributed by atoms with van der Waals surface area (Å²) in [5.74, 6) is 0. The summed E-state index contributed by atoms with van der Waals surface area (Å²) < 4.78 is 24.4. The van der Waals surface area contributed by atoms with Gasteiger partial charge < -0.3 is 18.6 Å². The molecular formula is C15H30O4Si. The molecule has 0 saturated carbocycles. The summed E-state index contributed by atoms with van der Waals surface area (Å²) >= 11 is 0. The molecule has 2 heterocycles. The molecule has 0 aliphatic carbocycles. The van der Waals surface area contributed by atoms with Crippen LogP contribution in [-0.4, -0.2) is 52.1 Å². The number of ether oxygens (including phenoxy) is 3. The average molecular weight is 302 g/mol. The first kappa shape index (κ1) is 16.4. The molecule has 0 aromatic rings. The monoisotopic (exact) mass is 302 g/mol. The molecule has 2 aliphatic heterocycles. The van der Waals surface area contributed by atoms with Crippen molar-refractivity contribution in [1.82, 2.24) is 0 Å². The van der Waals surface area contributed by atoms with Gasteiger partial charge in [-0.2, -0.15) is 0 Å². The Morgan fingerprint density at radius 2 is 1.90 bits per heavy atom. The first-order valence-electron chi connectivity index (χ1n) is 7.55. The second kappa shape index (κ2) is 5.06. The van der Waals surface area contributed by atoms with Crippen LogP contribution in [0.25, 0.3) is 0 Å². The van der Waals surface area contributed by atoms with E-state index in [4.69, 9.17) is 18.6 Å². The molecular weight excluding hydrogens is 272 g/mol. The molecule has 2 aliphatic rings. The van der Waals surface area contributed by atoms with Crippen molar-refractivity contribution in [3.8, 4) is 0 Å². The Balaban J connectivity index is 2.26. The maximum atomic E-state index is 6.66. The molecule has 118 valence electrons. The third kappa shape index (κ3) is 2.37. The minimum absolute atomic E-state index is 0.0201. The van der Waals surface area contributed by atoms with Crippen molar-refractivity contribution in [2.45, 2.75) is 82.8 Å². The van der Waals surface area contributed by atoms with Crippen molar-refractivity contribution in [2.24, 2.45) is 0 Å². The summed E-state index contributed by atoms with van der Waals surface area (Å²) in [5.41, 5.74) is -0.450. The number of hydrogen-bond acceptors (Lipinski definition) is 4. The van der Waals surface area contributed by atoms with Gasteiger partial charge in [0.1, 0.15) is 17.8 Å². The van der Waals surface area contributed by atoms with E-state index in [9.17, 15) is 0 Å². The van der Waals surface area contributed by atoms with E-state index in [1.807, 2.05) is 6.92 Å². The van der Waals surface area contributed by atoms with Gasteiger partial charge in [-0.05, 0) is 32.0 Å². The van der Waals surface area contributed by atoms with E-state index in [-0.39, 0.29) is 29.5 Å². The van der Waals surface area contributed by atoms with Crippen LogP contribution in [0.3, 0.4) is 0 Å². The highest BCUT2D eigenvalue weighted by Gasteiger charge is 2.65. The molecule has 2 fully saturated rings. The van der Waals surface area contributed by atoms with E-state index < -0.39 is 13.9 Å². The van der Waals surface area contributed by atoms with Crippen LogP contribution in [0.15, 0.2) is 0 Å². The molecule has 0 aromatic heterocycles. The van der Waals surface area contributed by atoms with E-state index >= 15 is 0 Å². The first-order valence-corrected chi connectivity index (χ1v) is 10.5. The molecule has 0 aromatic carbocycles. The quantitative estimate of drug-likeness (QED) is 0.748. The average Bonchev–Trinajstić information content (AvgIpc) is 2.78. The number of methoxy groups -OCH3 is 1. The van der Waals surface area contributed by atoms with E-state index in [0.717, 1.165) is 0 Å². The Hall–Kier alpha value is 0.0569. The minimum Gasteiger partial charge on any atom is -0.408 e. The van der Waals surface area contributed by atoms with Crippen molar-refractivity contribution >= 4 is 8.32 Å². The van der Waals surface area contributed by atoms with E-state index in [1.54, 1.807) is 7.11 Å². The SMILES string of the molecule is CO[C@@H](C)C12COC([C@H](C)O1)[C@@H]2O[Si](C)(C)C(C)(C)C. The van der Waals surface area contributed by atoms with E-state index in [2.05, 4.69) is 40.8 Å². The van der Waals surface area contributed by atoms with Crippen LogP contribution >= 0.6 is 0 Å². The number of rotatable bonds is 4. The Kier molecular flexibility index (Phi) is 4.15. The highest BCUT2D eigenvalue weighted by atomic mass is 28.4. The first-order chi connectivity index (χ1) is 9.05. The fourth-order valence-corrected chi connectivity index (χ4v) is 4.20. The van der Waals surface area contributed by atoms with Gasteiger partial charge in [0.2, 0.25) is 0 Å². The lowest BCUT2D eigenvalue weighted by Crippen LogP contribution is -2.56. The summed E-state index contributed by atoms with van der Waals surface area (Å²) in [5, 5.41) is 0.176. The molecule has 0 N–H and O–H groups in total. The van der Waals surface area contributed by atoms with Gasteiger partial charge in [-0.3, -0.25) is 0 Å². The molecule has 2 rings (SSSR count). The normalized spacial score (nSPS) is 39.3. The van der Waals surface area contributed by atoms with E-state index in [1.165, 1.54) is 0 Å².